The number of hydrogen-bond donors (Lipinski definition) is 1. The van der Waals surface area contributed by atoms with Crippen LogP contribution in [0.4, 0.5) is 0 Å². The third kappa shape index (κ3) is 3.47. The summed E-state index contributed by atoms with van der Waals surface area (Å²) in [5, 5.41) is 3.33. The van der Waals surface area contributed by atoms with E-state index < -0.39 is 0 Å². The number of carbonyl (C=O) groups is 1. The van der Waals surface area contributed by atoms with Crippen LogP contribution in [0.1, 0.15) is 35.4 Å². The fourth-order valence-electron chi connectivity index (χ4n) is 2.77. The van der Waals surface area contributed by atoms with Gasteiger partial charge in [-0.2, -0.15) is 0 Å². The van der Waals surface area contributed by atoms with Gasteiger partial charge in [-0.3, -0.25) is 4.79 Å². The molecule has 0 radical (unpaired) electrons. The van der Waals surface area contributed by atoms with Crippen molar-refractivity contribution in [1.29, 1.82) is 0 Å². The number of imidazole rings is 1. The monoisotopic (exact) mass is 334 g/mol. The molecular formula is C16H19ClN4O2. The van der Waals surface area contributed by atoms with Gasteiger partial charge < -0.3 is 14.6 Å². The average Bonchev–Trinajstić information content (AvgIpc) is 2.88. The summed E-state index contributed by atoms with van der Waals surface area (Å²) >= 11 is 6.10. The molecule has 0 saturated carbocycles. The molecule has 0 spiro atoms. The van der Waals surface area contributed by atoms with Crippen LogP contribution in [-0.4, -0.2) is 33.1 Å². The SMILES string of the molecule is CCOc1ccc(Cl)c(C(=O)N[C@@H]2CCc3nc(C)cn3C2)n1. The summed E-state index contributed by atoms with van der Waals surface area (Å²) in [4.78, 5) is 21.1. The third-order valence-corrected chi connectivity index (χ3v) is 4.08. The van der Waals surface area contributed by atoms with Gasteiger partial charge in [0.1, 0.15) is 5.82 Å². The smallest absolute Gasteiger partial charge is 0.271 e. The first-order valence-electron chi connectivity index (χ1n) is 7.69. The van der Waals surface area contributed by atoms with E-state index in [0.29, 0.717) is 24.1 Å². The van der Waals surface area contributed by atoms with E-state index in [9.17, 15) is 4.79 Å². The molecule has 0 saturated heterocycles. The van der Waals surface area contributed by atoms with Gasteiger partial charge in [0.15, 0.2) is 5.69 Å². The molecule has 7 heteroatoms. The predicted octanol–water partition coefficient (Wildman–Crippen LogP) is 2.38. The predicted molar refractivity (Wildman–Crippen MR) is 87.0 cm³/mol. The maximum atomic E-state index is 12.5. The maximum absolute atomic E-state index is 12.5. The van der Waals surface area contributed by atoms with Crippen LogP contribution in [0.5, 0.6) is 5.88 Å². The van der Waals surface area contributed by atoms with E-state index in [1.54, 1.807) is 12.1 Å². The molecule has 1 aliphatic heterocycles. The minimum atomic E-state index is -0.276. The Balaban J connectivity index is 1.71. The van der Waals surface area contributed by atoms with Gasteiger partial charge in [0.25, 0.3) is 5.91 Å². The van der Waals surface area contributed by atoms with Crippen molar-refractivity contribution >= 4 is 17.5 Å². The highest BCUT2D eigenvalue weighted by Crippen LogP contribution is 2.20. The summed E-state index contributed by atoms with van der Waals surface area (Å²) in [5.41, 5.74) is 1.20. The Morgan fingerprint density at radius 2 is 2.30 bits per heavy atom. The van der Waals surface area contributed by atoms with E-state index >= 15 is 0 Å². The Kier molecular flexibility index (Phi) is 4.52. The molecule has 1 atom stereocenters. The van der Waals surface area contributed by atoms with Crippen LogP contribution in [0.25, 0.3) is 0 Å². The average molecular weight is 335 g/mol. The van der Waals surface area contributed by atoms with E-state index in [1.165, 1.54) is 0 Å². The second-order valence-corrected chi connectivity index (χ2v) is 5.98. The Morgan fingerprint density at radius 3 is 3.09 bits per heavy atom. The standard InChI is InChI=1S/C16H19ClN4O2/c1-3-23-14-7-5-12(17)15(20-14)16(22)19-11-4-6-13-18-10(2)8-21(13)9-11/h5,7-8,11H,3-4,6,9H2,1-2H3,(H,19,22)/t11-/m1/s1. The minimum Gasteiger partial charge on any atom is -0.478 e. The van der Waals surface area contributed by atoms with E-state index in [1.807, 2.05) is 20.0 Å². The van der Waals surface area contributed by atoms with E-state index in [2.05, 4.69) is 19.9 Å². The number of ether oxygens (including phenoxy) is 1. The number of halogens is 1. The van der Waals surface area contributed by atoms with Crippen LogP contribution >= 0.6 is 11.6 Å². The van der Waals surface area contributed by atoms with E-state index in [0.717, 1.165) is 24.4 Å². The number of carbonyl (C=O) groups excluding carboxylic acids is 1. The molecule has 122 valence electrons. The van der Waals surface area contributed by atoms with Gasteiger partial charge >= 0.3 is 0 Å². The highest BCUT2D eigenvalue weighted by Gasteiger charge is 2.23. The van der Waals surface area contributed by atoms with Gasteiger partial charge in [0, 0.05) is 31.3 Å². The largest absolute Gasteiger partial charge is 0.478 e. The number of nitrogens with one attached hydrogen (secondary N) is 1. The number of hydrogen-bond acceptors (Lipinski definition) is 4. The molecule has 23 heavy (non-hydrogen) atoms. The van der Waals surface area contributed by atoms with Gasteiger partial charge in [0.05, 0.1) is 17.3 Å². The first kappa shape index (κ1) is 15.8. The van der Waals surface area contributed by atoms with Crippen LogP contribution in [-0.2, 0) is 13.0 Å². The van der Waals surface area contributed by atoms with Gasteiger partial charge in [-0.1, -0.05) is 11.6 Å². The second-order valence-electron chi connectivity index (χ2n) is 5.57. The normalized spacial score (nSPS) is 16.7. The van der Waals surface area contributed by atoms with Crippen molar-refractivity contribution < 1.29 is 9.53 Å². The summed E-state index contributed by atoms with van der Waals surface area (Å²) in [6.45, 7) is 5.04. The molecule has 3 heterocycles. The summed E-state index contributed by atoms with van der Waals surface area (Å²) in [6, 6.07) is 3.33. The summed E-state index contributed by atoms with van der Waals surface area (Å²) in [5.74, 6) is 1.20. The Morgan fingerprint density at radius 1 is 1.48 bits per heavy atom. The number of fused-ring (bicyclic) bond motifs is 1. The summed E-state index contributed by atoms with van der Waals surface area (Å²) < 4.78 is 7.42. The Hall–Kier alpha value is -2.08. The van der Waals surface area contributed by atoms with E-state index in [-0.39, 0.29) is 17.6 Å². The molecule has 3 rings (SSSR count). The lowest BCUT2D eigenvalue weighted by molar-refractivity contribution is 0.0921. The van der Waals surface area contributed by atoms with Crippen molar-refractivity contribution in [3.63, 3.8) is 0 Å². The van der Waals surface area contributed by atoms with Crippen molar-refractivity contribution in [2.24, 2.45) is 0 Å². The topological polar surface area (TPSA) is 69.0 Å². The second kappa shape index (κ2) is 6.58. The minimum absolute atomic E-state index is 0.0391. The third-order valence-electron chi connectivity index (χ3n) is 3.78. The first-order valence-corrected chi connectivity index (χ1v) is 8.07. The molecule has 1 N–H and O–H groups in total. The zero-order valence-corrected chi connectivity index (χ0v) is 13.9. The van der Waals surface area contributed by atoms with Gasteiger partial charge in [0.2, 0.25) is 5.88 Å². The maximum Gasteiger partial charge on any atom is 0.271 e. The zero-order chi connectivity index (χ0) is 16.4. The Labute approximate surface area is 139 Å². The van der Waals surface area contributed by atoms with Gasteiger partial charge in [-0.25, -0.2) is 9.97 Å². The number of amides is 1. The highest BCUT2D eigenvalue weighted by molar-refractivity contribution is 6.33. The van der Waals surface area contributed by atoms with Crippen LogP contribution < -0.4 is 10.1 Å². The fourth-order valence-corrected chi connectivity index (χ4v) is 2.96. The molecule has 6 nitrogen and oxygen atoms in total. The van der Waals surface area contributed by atoms with Crippen LogP contribution in [0, 0.1) is 6.92 Å². The molecule has 2 aromatic rings. The molecule has 2 aromatic heterocycles. The molecule has 0 fully saturated rings. The quantitative estimate of drug-likeness (QED) is 0.932. The van der Waals surface area contributed by atoms with Crippen LogP contribution in [0.15, 0.2) is 18.3 Å². The molecule has 1 aliphatic rings. The lowest BCUT2D eigenvalue weighted by Crippen LogP contribution is -2.41. The molecule has 0 bridgehead atoms. The lowest BCUT2D eigenvalue weighted by Gasteiger charge is -2.24. The molecule has 0 aromatic carbocycles. The summed E-state index contributed by atoms with van der Waals surface area (Å²) in [6.07, 6.45) is 3.71. The Bertz CT molecular complexity index is 729. The zero-order valence-electron chi connectivity index (χ0n) is 13.2. The van der Waals surface area contributed by atoms with Crippen molar-refractivity contribution in [3.8, 4) is 5.88 Å². The first-order chi connectivity index (χ1) is 11.1. The number of nitrogens with zero attached hydrogens (tertiary/aromatic N) is 3. The molecule has 1 amide bonds. The number of rotatable bonds is 4. The molecule has 0 aliphatic carbocycles. The number of pyridine rings is 1. The fraction of sp³-hybridized carbons (Fsp3) is 0.438. The van der Waals surface area contributed by atoms with Crippen molar-refractivity contribution in [3.05, 3.63) is 40.6 Å². The molecule has 0 unspecified atom stereocenters. The van der Waals surface area contributed by atoms with Gasteiger partial charge in [-0.15, -0.1) is 0 Å². The van der Waals surface area contributed by atoms with Crippen LogP contribution in [0.3, 0.4) is 0 Å². The highest BCUT2D eigenvalue weighted by atomic mass is 35.5. The number of aromatic nitrogens is 3. The van der Waals surface area contributed by atoms with Crippen molar-refractivity contribution in [2.45, 2.75) is 39.3 Å². The van der Waals surface area contributed by atoms with Crippen molar-refractivity contribution in [1.82, 2.24) is 19.9 Å². The van der Waals surface area contributed by atoms with Gasteiger partial charge in [-0.05, 0) is 26.3 Å². The molecular weight excluding hydrogens is 316 g/mol. The lowest BCUT2D eigenvalue weighted by atomic mass is 10.1. The van der Waals surface area contributed by atoms with E-state index in [4.69, 9.17) is 16.3 Å². The number of aryl methyl sites for hydroxylation is 2. The summed E-state index contributed by atoms with van der Waals surface area (Å²) in [7, 11) is 0. The van der Waals surface area contributed by atoms with Crippen molar-refractivity contribution in [2.75, 3.05) is 6.61 Å². The van der Waals surface area contributed by atoms with Crippen LogP contribution in [0.2, 0.25) is 5.02 Å².